The van der Waals surface area contributed by atoms with E-state index in [1.165, 1.54) is 12.1 Å². The van der Waals surface area contributed by atoms with E-state index in [9.17, 15) is 9.90 Å². The van der Waals surface area contributed by atoms with Crippen LogP contribution in [-0.2, 0) is 16.0 Å². The molecule has 4 aliphatic rings. The molecule has 8 rings (SSSR count). The number of nitrogens with zero attached hydrogens (tertiary/aromatic N) is 6. The molecular weight excluding hydrogens is 745 g/mol. The number of aromatic nitrogens is 3. The summed E-state index contributed by atoms with van der Waals surface area (Å²) in [5.74, 6) is 3.26. The molecule has 304 valence electrons. The van der Waals surface area contributed by atoms with E-state index < -0.39 is 17.5 Å². The van der Waals surface area contributed by atoms with Crippen LogP contribution in [0.5, 0.6) is 17.5 Å². The van der Waals surface area contributed by atoms with Crippen molar-refractivity contribution in [3.8, 4) is 29.9 Å². The number of rotatable bonds is 9. The van der Waals surface area contributed by atoms with E-state index in [-0.39, 0.29) is 67.4 Å². The second-order valence-electron chi connectivity index (χ2n) is 16.1. The molecule has 12 nitrogen and oxygen atoms in total. The van der Waals surface area contributed by atoms with E-state index in [0.717, 1.165) is 37.3 Å². The minimum absolute atomic E-state index is 0.0217. The van der Waals surface area contributed by atoms with Crippen molar-refractivity contribution < 1.29 is 32.9 Å². The van der Waals surface area contributed by atoms with Crippen LogP contribution in [0.25, 0.3) is 10.8 Å². The average Bonchev–Trinajstić information content (AvgIpc) is 3.35. The Labute approximate surface area is 337 Å². The summed E-state index contributed by atoms with van der Waals surface area (Å²) < 4.78 is 49.0. The highest BCUT2D eigenvalue weighted by Crippen LogP contribution is 2.43. The van der Waals surface area contributed by atoms with Crippen LogP contribution in [0.4, 0.5) is 26.1 Å². The van der Waals surface area contributed by atoms with Crippen molar-refractivity contribution in [1.82, 2.24) is 20.3 Å². The summed E-state index contributed by atoms with van der Waals surface area (Å²) in [5, 5.41) is 14.9. The summed E-state index contributed by atoms with van der Waals surface area (Å²) >= 11 is 0. The molecule has 58 heavy (non-hydrogen) atoms. The van der Waals surface area contributed by atoms with Crippen LogP contribution in [-0.4, -0.2) is 102 Å². The lowest BCUT2D eigenvalue weighted by Gasteiger charge is -2.37. The molecule has 2 aromatic carbocycles. The Morgan fingerprint density at radius 3 is 2.83 bits per heavy atom. The molecule has 14 heteroatoms. The maximum absolute atomic E-state index is 15.4. The predicted molar refractivity (Wildman–Crippen MR) is 218 cm³/mol. The first-order chi connectivity index (χ1) is 28.0. The monoisotopic (exact) mass is 793 g/mol. The summed E-state index contributed by atoms with van der Waals surface area (Å²) in [6.07, 6.45) is 10.9. The van der Waals surface area contributed by atoms with Gasteiger partial charge in [0.05, 0.1) is 61.1 Å². The molecule has 0 saturated carbocycles. The number of carbonyl (C=O) groups excluding carboxylic acids is 1. The third-order valence-electron chi connectivity index (χ3n) is 11.8. The van der Waals surface area contributed by atoms with E-state index in [4.69, 9.17) is 35.6 Å². The van der Waals surface area contributed by atoms with Gasteiger partial charge in [-0.05, 0) is 80.5 Å². The van der Waals surface area contributed by atoms with E-state index in [1.54, 1.807) is 24.4 Å². The second kappa shape index (κ2) is 16.3. The van der Waals surface area contributed by atoms with Gasteiger partial charge in [0.2, 0.25) is 5.91 Å². The van der Waals surface area contributed by atoms with Crippen molar-refractivity contribution in [1.29, 1.82) is 0 Å². The number of phenols is 1. The fourth-order valence-electron chi connectivity index (χ4n) is 8.95. The largest absolute Gasteiger partial charge is 0.508 e. The van der Waals surface area contributed by atoms with E-state index >= 15 is 8.78 Å². The number of hydrogen-bond donors (Lipinski definition) is 2. The first kappa shape index (κ1) is 39.2. The van der Waals surface area contributed by atoms with Gasteiger partial charge in [0, 0.05) is 49.8 Å². The predicted octanol–water partition coefficient (Wildman–Crippen LogP) is 5.84. The van der Waals surface area contributed by atoms with Gasteiger partial charge in [-0.15, -0.1) is 6.42 Å². The van der Waals surface area contributed by atoms with Gasteiger partial charge in [-0.2, -0.15) is 9.97 Å². The number of terminal acetylenes is 1. The van der Waals surface area contributed by atoms with Gasteiger partial charge in [0.25, 0.3) is 0 Å². The zero-order valence-corrected chi connectivity index (χ0v) is 32.9. The molecule has 1 unspecified atom stereocenters. The van der Waals surface area contributed by atoms with Gasteiger partial charge >= 0.3 is 6.01 Å². The Bertz CT molecular complexity index is 2230. The molecule has 3 saturated heterocycles. The molecule has 6 heterocycles. The van der Waals surface area contributed by atoms with Crippen molar-refractivity contribution in [3.63, 3.8) is 0 Å². The number of nitrogens with one attached hydrogen (secondary N) is 1. The van der Waals surface area contributed by atoms with Crippen LogP contribution in [0, 0.1) is 18.2 Å². The fourth-order valence-corrected chi connectivity index (χ4v) is 8.95. The van der Waals surface area contributed by atoms with Crippen molar-refractivity contribution in [2.45, 2.75) is 75.7 Å². The summed E-state index contributed by atoms with van der Waals surface area (Å²) in [6, 6.07) is 10.2. The normalized spacial score (nSPS) is 24.7. The molecule has 5 atom stereocenters. The molecule has 4 aromatic rings. The molecule has 4 aliphatic heterocycles. The third-order valence-corrected chi connectivity index (χ3v) is 11.8. The summed E-state index contributed by atoms with van der Waals surface area (Å²) in [6.45, 7) is 11.3. The molecule has 1 amide bonds. The number of pyridine rings is 1. The number of aromatic hydroxyl groups is 1. The maximum atomic E-state index is 15.4. The number of amides is 1. The fraction of sp³-hybridized carbons (Fsp3) is 0.455. The van der Waals surface area contributed by atoms with Crippen LogP contribution in [0.15, 0.2) is 55.3 Å². The summed E-state index contributed by atoms with van der Waals surface area (Å²) in [7, 11) is 0. The Hall–Kier alpha value is -5.68. The lowest BCUT2D eigenvalue weighted by molar-refractivity contribution is -0.117. The Morgan fingerprint density at radius 2 is 2.05 bits per heavy atom. The highest BCUT2D eigenvalue weighted by molar-refractivity contribution is 5.93. The Balaban J connectivity index is 1.12. The lowest BCUT2D eigenvalue weighted by Crippen LogP contribution is -2.46. The highest BCUT2D eigenvalue weighted by Gasteiger charge is 2.44. The zero-order valence-electron chi connectivity index (χ0n) is 32.9. The van der Waals surface area contributed by atoms with Crippen LogP contribution >= 0.6 is 0 Å². The molecule has 0 aliphatic carbocycles. The number of hydrogen-bond acceptors (Lipinski definition) is 11. The number of morpholine rings is 1. The lowest BCUT2D eigenvalue weighted by atomic mass is 9.87. The number of carbonyl (C=O) groups is 1. The van der Waals surface area contributed by atoms with Crippen LogP contribution < -0.4 is 29.5 Å². The maximum Gasteiger partial charge on any atom is 0.318 e. The van der Waals surface area contributed by atoms with Crippen LogP contribution in [0.1, 0.15) is 62.3 Å². The van der Waals surface area contributed by atoms with Gasteiger partial charge in [-0.1, -0.05) is 18.6 Å². The minimum atomic E-state index is -1.09. The molecule has 0 spiro atoms. The second-order valence-corrected chi connectivity index (χ2v) is 16.1. The third kappa shape index (κ3) is 7.79. The molecule has 3 fully saturated rings. The number of halogens is 2. The Kier molecular flexibility index (Phi) is 11.0. The zero-order chi connectivity index (χ0) is 40.6. The van der Waals surface area contributed by atoms with Gasteiger partial charge < -0.3 is 39.3 Å². The molecule has 2 N–H and O–H groups in total. The van der Waals surface area contributed by atoms with Crippen molar-refractivity contribution >= 4 is 34.0 Å². The number of benzene rings is 2. The number of alkyl halides is 1. The van der Waals surface area contributed by atoms with Crippen molar-refractivity contribution in [3.05, 3.63) is 77.9 Å². The quantitative estimate of drug-likeness (QED) is 0.157. The van der Waals surface area contributed by atoms with E-state index in [0.29, 0.717) is 66.3 Å². The molecule has 0 radical (unpaired) electrons. The number of fused-ring (bicyclic) bond motifs is 2. The van der Waals surface area contributed by atoms with Gasteiger partial charge in [0.15, 0.2) is 11.6 Å². The van der Waals surface area contributed by atoms with Crippen molar-refractivity contribution in [2.24, 2.45) is 0 Å². The smallest absolute Gasteiger partial charge is 0.318 e. The van der Waals surface area contributed by atoms with Crippen LogP contribution in [0.3, 0.4) is 0 Å². The molecule has 0 bridgehead atoms. The minimum Gasteiger partial charge on any atom is -0.508 e. The van der Waals surface area contributed by atoms with Crippen molar-refractivity contribution in [2.75, 3.05) is 67.3 Å². The first-order valence-electron chi connectivity index (χ1n) is 20.0. The summed E-state index contributed by atoms with van der Waals surface area (Å²) in [5.41, 5.74) is 1.35. The SMILES string of the molecule is C#Cc1c(F)ccc2cc(O)cc([C@H]3COc4c(nc(OC[C@]5(C)C[C@@H](F)CN5c5ccc(N6CCOC[C@H]6C)nc5)nc4N4CCCCC(NC(=O)C=C)C4)C3)c12. The van der Waals surface area contributed by atoms with Crippen LogP contribution in [0.2, 0.25) is 0 Å². The van der Waals surface area contributed by atoms with Gasteiger partial charge in [0.1, 0.15) is 30.2 Å². The van der Waals surface area contributed by atoms with E-state index in [2.05, 4.69) is 34.5 Å². The topological polar surface area (TPSA) is 125 Å². The van der Waals surface area contributed by atoms with Gasteiger partial charge in [-0.25, -0.2) is 13.8 Å². The number of ether oxygens (including phenoxy) is 3. The summed E-state index contributed by atoms with van der Waals surface area (Å²) in [4.78, 5) is 33.3. The highest BCUT2D eigenvalue weighted by atomic mass is 19.1. The van der Waals surface area contributed by atoms with E-state index in [1.807, 2.05) is 24.0 Å². The Morgan fingerprint density at radius 1 is 1.19 bits per heavy atom. The first-order valence-corrected chi connectivity index (χ1v) is 20.0. The molecule has 2 aromatic heterocycles. The van der Waals surface area contributed by atoms with Gasteiger partial charge in [-0.3, -0.25) is 4.79 Å². The number of anilines is 3. The molecular formula is C44H49F2N7O5. The average molecular weight is 794 g/mol. The number of phenolic OH excluding ortho intramolecular Hbond substituents is 1. The standard InChI is InChI=1S/C44H49F2N7O5/c1-5-34-36(46)12-10-28-17-33(54)19-35(40(28)34)29-18-37-41(57-25-29)42(51-14-8-7-9-31(23-51)48-39(55)6-2)50-43(49-37)58-26-44(4)20-30(45)22-53(44)32-11-13-38(47-21-32)52-15-16-56-24-27(52)3/h1,6,10-13,17,19,21,27,29-31,54H,2,7-9,14-16,18,20,22-26H2,3-4H3,(H,48,55)/t27-,29-,30-,31?,44+/m1/s1.